The van der Waals surface area contributed by atoms with E-state index >= 15 is 0 Å². The highest BCUT2D eigenvalue weighted by atomic mass is 35.5. The second-order valence-corrected chi connectivity index (χ2v) is 4.39. The van der Waals surface area contributed by atoms with Gasteiger partial charge in [-0.25, -0.2) is 0 Å². The fourth-order valence-corrected chi connectivity index (χ4v) is 2.44. The minimum Gasteiger partial charge on any atom is -0.291 e. The molecule has 0 atom stereocenters. The minimum atomic E-state index is 0.348. The van der Waals surface area contributed by atoms with Crippen LogP contribution in [0.4, 0.5) is 0 Å². The van der Waals surface area contributed by atoms with Crippen molar-refractivity contribution in [3.8, 4) is 10.4 Å². The average molecular weight is 210 g/mol. The van der Waals surface area contributed by atoms with Crippen molar-refractivity contribution in [2.75, 3.05) is 0 Å². The van der Waals surface area contributed by atoms with E-state index in [1.807, 2.05) is 30.6 Å². The Morgan fingerprint density at radius 1 is 1.31 bits per heavy atom. The monoisotopic (exact) mass is 209 g/mol. The van der Waals surface area contributed by atoms with Gasteiger partial charge in [0.05, 0.1) is 4.34 Å². The van der Waals surface area contributed by atoms with Crippen molar-refractivity contribution in [1.29, 1.82) is 0 Å². The molecular formula is C10H6ClOS. The Hall–Kier alpha value is -0.860. The molecule has 2 aliphatic rings. The second-order valence-electron chi connectivity index (χ2n) is 2.70. The molecule has 65 valence electrons. The SMILES string of the molecule is O=[C]Cc1ccc2ccc(Cl)sc1-2. The zero-order valence-corrected chi connectivity index (χ0v) is 8.28. The highest BCUT2D eigenvalue weighted by Crippen LogP contribution is 2.35. The molecule has 1 heterocycles. The van der Waals surface area contributed by atoms with Gasteiger partial charge >= 0.3 is 0 Å². The average Bonchev–Trinajstić information content (AvgIpc) is 2.49. The molecule has 0 fully saturated rings. The van der Waals surface area contributed by atoms with Gasteiger partial charge in [0.1, 0.15) is 0 Å². The number of rotatable bonds is 2. The van der Waals surface area contributed by atoms with Gasteiger partial charge < -0.3 is 0 Å². The smallest absolute Gasteiger partial charge is 0.203 e. The standard InChI is InChI=1S/C10H6ClOS/c11-9-4-3-7-1-2-8(5-6-12)10(7)13-9/h1-4H,5H2. The Labute approximate surface area is 85.3 Å². The summed E-state index contributed by atoms with van der Waals surface area (Å²) in [5.74, 6) is 0. The Morgan fingerprint density at radius 3 is 2.85 bits per heavy atom. The van der Waals surface area contributed by atoms with Crippen LogP contribution in [0.5, 0.6) is 0 Å². The van der Waals surface area contributed by atoms with Crippen LogP contribution in [-0.2, 0) is 11.2 Å². The molecule has 1 radical (unpaired) electrons. The predicted octanol–water partition coefficient (Wildman–Crippen LogP) is 3.16. The molecule has 0 unspecified atom stereocenters. The van der Waals surface area contributed by atoms with Crippen molar-refractivity contribution in [1.82, 2.24) is 0 Å². The van der Waals surface area contributed by atoms with Crippen molar-refractivity contribution in [3.63, 3.8) is 0 Å². The lowest BCUT2D eigenvalue weighted by Crippen LogP contribution is -1.83. The normalized spacial score (nSPS) is 10.5. The summed E-state index contributed by atoms with van der Waals surface area (Å²) >= 11 is 7.37. The van der Waals surface area contributed by atoms with Crippen LogP contribution in [0.15, 0.2) is 24.3 Å². The summed E-state index contributed by atoms with van der Waals surface area (Å²) in [5.41, 5.74) is 2.15. The molecule has 13 heavy (non-hydrogen) atoms. The van der Waals surface area contributed by atoms with Gasteiger partial charge in [-0.3, -0.25) is 4.79 Å². The van der Waals surface area contributed by atoms with Crippen molar-refractivity contribution >= 4 is 29.2 Å². The van der Waals surface area contributed by atoms with E-state index in [1.165, 1.54) is 11.3 Å². The van der Waals surface area contributed by atoms with Crippen LogP contribution < -0.4 is 0 Å². The molecule has 0 saturated heterocycles. The van der Waals surface area contributed by atoms with Gasteiger partial charge in [0.25, 0.3) is 0 Å². The Kier molecular flexibility index (Phi) is 2.34. The fraction of sp³-hybridized carbons (Fsp3) is 0.100. The van der Waals surface area contributed by atoms with Crippen molar-refractivity contribution < 1.29 is 4.79 Å². The number of halogens is 1. The molecule has 0 bridgehead atoms. The minimum absolute atomic E-state index is 0.348. The first kappa shape index (κ1) is 8.73. The molecule has 0 aromatic rings. The Morgan fingerprint density at radius 2 is 2.08 bits per heavy atom. The largest absolute Gasteiger partial charge is 0.291 e. The van der Waals surface area contributed by atoms with E-state index in [9.17, 15) is 4.79 Å². The van der Waals surface area contributed by atoms with Gasteiger partial charge in [-0.05, 0) is 17.2 Å². The summed E-state index contributed by atoms with van der Waals surface area (Å²) in [6.45, 7) is 0. The number of hydrogen-bond acceptors (Lipinski definition) is 2. The van der Waals surface area contributed by atoms with E-state index < -0.39 is 0 Å². The molecule has 0 aromatic carbocycles. The summed E-state index contributed by atoms with van der Waals surface area (Å²) in [4.78, 5) is 11.3. The molecule has 1 aliphatic carbocycles. The molecule has 1 aliphatic heterocycles. The van der Waals surface area contributed by atoms with E-state index in [-0.39, 0.29) is 0 Å². The third kappa shape index (κ3) is 1.60. The number of carbonyl (C=O) groups excluding carboxylic acids is 1. The van der Waals surface area contributed by atoms with Gasteiger partial charge in [0.2, 0.25) is 6.29 Å². The van der Waals surface area contributed by atoms with Gasteiger partial charge in [-0.15, -0.1) is 11.3 Å². The fourth-order valence-electron chi connectivity index (χ4n) is 1.29. The maximum absolute atomic E-state index is 10.2. The van der Waals surface area contributed by atoms with E-state index in [1.54, 1.807) is 0 Å². The first-order valence-corrected chi connectivity index (χ1v) is 5.02. The van der Waals surface area contributed by atoms with Crippen molar-refractivity contribution in [3.05, 3.63) is 34.2 Å². The van der Waals surface area contributed by atoms with Crippen LogP contribution in [0.1, 0.15) is 5.56 Å². The third-order valence-corrected chi connectivity index (χ3v) is 3.26. The molecule has 2 rings (SSSR count). The summed E-state index contributed by atoms with van der Waals surface area (Å²) in [6, 6.07) is 7.77. The zero-order valence-electron chi connectivity index (χ0n) is 6.71. The molecule has 0 spiro atoms. The van der Waals surface area contributed by atoms with Crippen LogP contribution in [0, 0.1) is 0 Å². The first-order valence-electron chi connectivity index (χ1n) is 3.83. The van der Waals surface area contributed by atoms with E-state index in [0.29, 0.717) is 6.42 Å². The lowest BCUT2D eigenvalue weighted by atomic mass is 10.2. The molecular weight excluding hydrogens is 204 g/mol. The third-order valence-electron chi connectivity index (χ3n) is 1.87. The topological polar surface area (TPSA) is 17.1 Å². The highest BCUT2D eigenvalue weighted by molar-refractivity contribution is 7.19. The molecule has 0 N–H and O–H groups in total. The Balaban J connectivity index is 2.55. The van der Waals surface area contributed by atoms with Crippen molar-refractivity contribution in [2.24, 2.45) is 0 Å². The quantitative estimate of drug-likeness (QED) is 0.743. The molecule has 0 saturated carbocycles. The van der Waals surface area contributed by atoms with Crippen LogP contribution in [0.25, 0.3) is 10.4 Å². The van der Waals surface area contributed by atoms with Gasteiger partial charge in [0, 0.05) is 11.3 Å². The predicted molar refractivity (Wildman–Crippen MR) is 55.3 cm³/mol. The van der Waals surface area contributed by atoms with Gasteiger partial charge in [-0.1, -0.05) is 29.8 Å². The molecule has 1 nitrogen and oxygen atoms in total. The van der Waals surface area contributed by atoms with Crippen LogP contribution in [0.3, 0.4) is 0 Å². The summed E-state index contributed by atoms with van der Waals surface area (Å²) in [7, 11) is 0. The Bertz CT molecular complexity index is 408. The van der Waals surface area contributed by atoms with Crippen LogP contribution in [-0.4, -0.2) is 6.29 Å². The van der Waals surface area contributed by atoms with Crippen LogP contribution >= 0.6 is 22.9 Å². The number of fused-ring (bicyclic) bond motifs is 1. The number of hydrogen-bond donors (Lipinski definition) is 0. The highest BCUT2D eigenvalue weighted by Gasteiger charge is 2.09. The van der Waals surface area contributed by atoms with Gasteiger partial charge in [0.15, 0.2) is 0 Å². The molecule has 0 amide bonds. The zero-order chi connectivity index (χ0) is 9.26. The molecule has 0 aromatic heterocycles. The maximum Gasteiger partial charge on any atom is 0.203 e. The maximum atomic E-state index is 10.2. The lowest BCUT2D eigenvalue weighted by molar-refractivity contribution is 0.555. The van der Waals surface area contributed by atoms with E-state index in [2.05, 4.69) is 0 Å². The van der Waals surface area contributed by atoms with Crippen molar-refractivity contribution in [2.45, 2.75) is 6.42 Å². The summed E-state index contributed by atoms with van der Waals surface area (Å²) in [5, 5.41) is 0. The van der Waals surface area contributed by atoms with E-state index in [4.69, 9.17) is 11.6 Å². The summed E-state index contributed by atoms with van der Waals surface area (Å²) < 4.78 is 0.742. The van der Waals surface area contributed by atoms with Gasteiger partial charge in [-0.2, -0.15) is 0 Å². The first-order chi connectivity index (χ1) is 6.31. The molecule has 3 heteroatoms. The van der Waals surface area contributed by atoms with E-state index in [0.717, 1.165) is 20.3 Å². The van der Waals surface area contributed by atoms with Crippen LogP contribution in [0.2, 0.25) is 4.34 Å². The second kappa shape index (κ2) is 3.48. The summed E-state index contributed by atoms with van der Waals surface area (Å²) in [6.07, 6.45) is 2.24. The lowest BCUT2D eigenvalue weighted by Gasteiger charge is -1.99.